The van der Waals surface area contributed by atoms with Crippen molar-refractivity contribution in [3.05, 3.63) is 71.8 Å². The summed E-state index contributed by atoms with van der Waals surface area (Å²) in [6.45, 7) is 4.83. The van der Waals surface area contributed by atoms with Crippen molar-refractivity contribution in [3.8, 4) is 0 Å². The van der Waals surface area contributed by atoms with Crippen molar-refractivity contribution in [1.29, 1.82) is 0 Å². The molecular formula is C36H56NO2+. The summed E-state index contributed by atoms with van der Waals surface area (Å²) in [4.78, 5) is 19.2. The Hall–Kier alpha value is -2.13. The van der Waals surface area contributed by atoms with Crippen molar-refractivity contribution >= 4 is 5.97 Å². The van der Waals surface area contributed by atoms with Gasteiger partial charge in [-0.15, -0.1) is 4.65 Å². The monoisotopic (exact) mass is 534 g/mol. The first kappa shape index (κ1) is 31.4. The molecule has 0 aromatic heterocycles. The van der Waals surface area contributed by atoms with Crippen LogP contribution in [0.4, 0.5) is 0 Å². The molecule has 3 heteroatoms. The first-order chi connectivity index (χ1) is 19.2. The zero-order valence-electron chi connectivity index (χ0n) is 25.0. The summed E-state index contributed by atoms with van der Waals surface area (Å²) in [5, 5.41) is 0. The number of piperidine rings is 1. The van der Waals surface area contributed by atoms with E-state index < -0.39 is 0 Å². The summed E-state index contributed by atoms with van der Waals surface area (Å²) in [5.74, 6) is 0.543. The lowest BCUT2D eigenvalue weighted by Gasteiger charge is -2.40. The van der Waals surface area contributed by atoms with E-state index >= 15 is 0 Å². The molecule has 0 spiro atoms. The predicted octanol–water partition coefficient (Wildman–Crippen LogP) is 10.3. The predicted molar refractivity (Wildman–Crippen MR) is 164 cm³/mol. The zero-order valence-corrected chi connectivity index (χ0v) is 25.0. The molecule has 1 saturated heterocycles. The molecule has 0 saturated carbocycles. The molecule has 0 aliphatic carbocycles. The lowest BCUT2D eigenvalue weighted by atomic mass is 9.89. The van der Waals surface area contributed by atoms with E-state index in [1.54, 1.807) is 0 Å². The van der Waals surface area contributed by atoms with Gasteiger partial charge in [-0.1, -0.05) is 157 Å². The van der Waals surface area contributed by atoms with Crippen LogP contribution in [-0.2, 0) is 16.2 Å². The Labute approximate surface area is 239 Å². The molecule has 3 nitrogen and oxygen atoms in total. The summed E-state index contributed by atoms with van der Waals surface area (Å²) in [6, 6.07) is 21.4. The third-order valence-corrected chi connectivity index (χ3v) is 8.63. The van der Waals surface area contributed by atoms with Crippen molar-refractivity contribution < 1.29 is 14.3 Å². The number of hydrogen-bond acceptors (Lipinski definition) is 2. The summed E-state index contributed by atoms with van der Waals surface area (Å²) >= 11 is 0. The molecule has 0 amide bonds. The highest BCUT2D eigenvalue weighted by atomic mass is 16.7. The molecular weight excluding hydrogens is 478 g/mol. The van der Waals surface area contributed by atoms with E-state index in [1.807, 2.05) is 0 Å². The average Bonchev–Trinajstić information content (AvgIpc) is 2.96. The number of unbranched alkanes of at least 4 members (excludes halogenated alkanes) is 14. The molecule has 3 rings (SSSR count). The third-order valence-electron chi connectivity index (χ3n) is 8.63. The van der Waals surface area contributed by atoms with Gasteiger partial charge >= 0.3 is 5.97 Å². The van der Waals surface area contributed by atoms with Crippen molar-refractivity contribution in [2.75, 3.05) is 13.1 Å². The quantitative estimate of drug-likeness (QED) is 0.125. The average molecular weight is 535 g/mol. The summed E-state index contributed by atoms with van der Waals surface area (Å²) in [6.07, 6.45) is 22.7. The van der Waals surface area contributed by atoms with E-state index in [4.69, 9.17) is 4.84 Å². The Morgan fingerprint density at radius 3 is 1.64 bits per heavy atom. The first-order valence-electron chi connectivity index (χ1n) is 16.4. The van der Waals surface area contributed by atoms with E-state index in [2.05, 4.69) is 67.6 Å². The maximum absolute atomic E-state index is 13.0. The molecule has 0 unspecified atom stereocenters. The number of quaternary nitrogens is 1. The van der Waals surface area contributed by atoms with Crippen LogP contribution in [0.25, 0.3) is 0 Å². The summed E-state index contributed by atoms with van der Waals surface area (Å²) < 4.78 is 0.449. The van der Waals surface area contributed by atoms with Gasteiger partial charge in [-0.3, -0.25) is 4.84 Å². The molecule has 2 aromatic rings. The van der Waals surface area contributed by atoms with Crippen LogP contribution in [0.15, 0.2) is 60.7 Å². The summed E-state index contributed by atoms with van der Waals surface area (Å²) in [7, 11) is 0. The van der Waals surface area contributed by atoms with Gasteiger partial charge in [-0.25, -0.2) is 4.79 Å². The minimum atomic E-state index is -0.0150. The van der Waals surface area contributed by atoms with Gasteiger partial charge in [-0.05, 0) is 17.9 Å². The van der Waals surface area contributed by atoms with Crippen LogP contribution < -0.4 is 0 Å². The highest BCUT2D eigenvalue weighted by molar-refractivity contribution is 5.68. The van der Waals surface area contributed by atoms with Crippen molar-refractivity contribution in [2.24, 2.45) is 0 Å². The van der Waals surface area contributed by atoms with E-state index in [0.717, 1.165) is 45.3 Å². The maximum Gasteiger partial charge on any atom is 0.366 e. The first-order valence-corrected chi connectivity index (χ1v) is 16.4. The van der Waals surface area contributed by atoms with Crippen molar-refractivity contribution in [2.45, 2.75) is 135 Å². The molecule has 2 aromatic carbocycles. The fourth-order valence-corrected chi connectivity index (χ4v) is 6.20. The Balaban J connectivity index is 1.29. The molecule has 0 bridgehead atoms. The molecule has 0 radical (unpaired) electrons. The Bertz CT molecular complexity index is 873. The Kier molecular flexibility index (Phi) is 15.3. The van der Waals surface area contributed by atoms with Gasteiger partial charge < -0.3 is 0 Å². The lowest BCUT2D eigenvalue weighted by molar-refractivity contribution is -1.10. The minimum absolute atomic E-state index is 0.0150. The van der Waals surface area contributed by atoms with Gasteiger partial charge in [0.05, 0.1) is 6.42 Å². The van der Waals surface area contributed by atoms with E-state index in [9.17, 15) is 4.79 Å². The molecule has 1 fully saturated rings. The fraction of sp³-hybridized carbons (Fsp3) is 0.639. The largest absolute Gasteiger partial charge is 0.366 e. The normalized spacial score (nSPS) is 19.2. The van der Waals surface area contributed by atoms with E-state index in [-0.39, 0.29) is 5.97 Å². The molecule has 1 aliphatic heterocycles. The number of hydrogen-bond donors (Lipinski definition) is 0. The van der Waals surface area contributed by atoms with Gasteiger partial charge in [0.25, 0.3) is 0 Å². The smallest absolute Gasteiger partial charge is 0.276 e. The Morgan fingerprint density at radius 2 is 1.13 bits per heavy atom. The van der Waals surface area contributed by atoms with Gasteiger partial charge in [0.2, 0.25) is 0 Å². The number of likely N-dealkylation sites (tertiary alicyclic amines) is 1. The zero-order chi connectivity index (χ0) is 27.4. The van der Waals surface area contributed by atoms with Crippen LogP contribution in [0.2, 0.25) is 0 Å². The maximum atomic E-state index is 13.0. The van der Waals surface area contributed by atoms with Gasteiger partial charge in [-0.2, -0.15) is 0 Å². The van der Waals surface area contributed by atoms with Crippen LogP contribution in [0.5, 0.6) is 0 Å². The van der Waals surface area contributed by atoms with Crippen LogP contribution in [-0.4, -0.2) is 23.7 Å². The van der Waals surface area contributed by atoms with Gasteiger partial charge in [0, 0.05) is 18.4 Å². The Morgan fingerprint density at radius 1 is 0.667 bits per heavy atom. The lowest BCUT2D eigenvalue weighted by Crippen LogP contribution is -2.53. The fourth-order valence-electron chi connectivity index (χ4n) is 6.20. The van der Waals surface area contributed by atoms with Crippen LogP contribution in [0.1, 0.15) is 140 Å². The molecule has 0 atom stereocenters. The summed E-state index contributed by atoms with van der Waals surface area (Å²) in [5.41, 5.74) is 2.66. The van der Waals surface area contributed by atoms with Crippen LogP contribution in [0, 0.1) is 0 Å². The second-order valence-corrected chi connectivity index (χ2v) is 12.0. The molecule has 1 heterocycles. The second-order valence-electron chi connectivity index (χ2n) is 12.0. The van der Waals surface area contributed by atoms with Gasteiger partial charge in [0.1, 0.15) is 19.6 Å². The number of benzene rings is 2. The SMILES string of the molecule is CCCCCCCCCCCCCCCCCC(=O)O[N+]1(Cc2ccccc2)CCC(c2ccccc2)CC1. The van der Waals surface area contributed by atoms with Crippen molar-refractivity contribution in [3.63, 3.8) is 0 Å². The number of hydroxylamine groups is 3. The number of rotatable bonds is 20. The van der Waals surface area contributed by atoms with E-state index in [0.29, 0.717) is 17.0 Å². The van der Waals surface area contributed by atoms with Crippen molar-refractivity contribution in [1.82, 2.24) is 0 Å². The number of carbonyl (C=O) groups excluding carboxylic acids is 1. The minimum Gasteiger partial charge on any atom is -0.276 e. The highest BCUT2D eigenvalue weighted by Crippen LogP contribution is 2.33. The number of carbonyl (C=O) groups is 1. The number of nitrogens with zero attached hydrogens (tertiary/aromatic N) is 1. The highest BCUT2D eigenvalue weighted by Gasteiger charge is 2.39. The third kappa shape index (κ3) is 12.7. The standard InChI is InChI=1S/C36H56NO2/c1-2-3-4-5-6-7-8-9-10-11-12-13-14-15-22-27-36(38)39-37(32-33-23-18-16-19-24-33)30-28-35(29-31-37)34-25-20-17-21-26-34/h16-21,23-26,35H,2-15,22,27-32H2,1H3/q+1. The van der Waals surface area contributed by atoms with Crippen LogP contribution in [0.3, 0.4) is 0 Å². The topological polar surface area (TPSA) is 26.3 Å². The van der Waals surface area contributed by atoms with E-state index in [1.165, 1.54) is 94.6 Å². The van der Waals surface area contributed by atoms with Crippen LogP contribution >= 0.6 is 0 Å². The van der Waals surface area contributed by atoms with Gasteiger partial charge in [0.15, 0.2) is 0 Å². The molecule has 216 valence electrons. The molecule has 0 N–H and O–H groups in total. The molecule has 1 aliphatic rings. The molecule has 39 heavy (non-hydrogen) atoms. The second kappa shape index (κ2) is 19.0.